The number of carbonyl (C=O) groups is 1. The van der Waals surface area contributed by atoms with Crippen molar-refractivity contribution >= 4 is 16.9 Å². The highest BCUT2D eigenvalue weighted by Gasteiger charge is 2.30. The molecule has 0 aliphatic carbocycles. The summed E-state index contributed by atoms with van der Waals surface area (Å²) in [6.07, 6.45) is 3.76. The van der Waals surface area contributed by atoms with Crippen LogP contribution in [0.1, 0.15) is 48.3 Å². The third-order valence-corrected chi connectivity index (χ3v) is 4.77. The van der Waals surface area contributed by atoms with Crippen LogP contribution in [0.15, 0.2) is 54.7 Å². The Morgan fingerprint density at radius 1 is 1.12 bits per heavy atom. The lowest BCUT2D eigenvalue weighted by atomic mass is 9.78. The van der Waals surface area contributed by atoms with Gasteiger partial charge in [0, 0.05) is 23.0 Å². The largest absolute Gasteiger partial charge is 0.481 e. The minimum atomic E-state index is -0.764. The summed E-state index contributed by atoms with van der Waals surface area (Å²) in [6, 6.07) is 16.0. The van der Waals surface area contributed by atoms with E-state index in [9.17, 15) is 9.90 Å². The van der Waals surface area contributed by atoms with Gasteiger partial charge in [0.2, 0.25) is 0 Å². The predicted molar refractivity (Wildman–Crippen MR) is 97.5 cm³/mol. The van der Waals surface area contributed by atoms with Crippen LogP contribution in [0.4, 0.5) is 0 Å². The fourth-order valence-electron chi connectivity index (χ4n) is 3.57. The Morgan fingerprint density at radius 2 is 1.88 bits per heavy atom. The normalized spacial score (nSPS) is 13.8. The molecule has 1 aromatic heterocycles. The van der Waals surface area contributed by atoms with E-state index in [0.29, 0.717) is 0 Å². The Labute approximate surface area is 142 Å². The van der Waals surface area contributed by atoms with E-state index in [4.69, 9.17) is 0 Å². The minimum Gasteiger partial charge on any atom is -0.481 e. The Kier molecular flexibility index (Phi) is 4.70. The maximum Gasteiger partial charge on any atom is 0.311 e. The predicted octanol–water partition coefficient (Wildman–Crippen LogP) is 5.23. The van der Waals surface area contributed by atoms with Gasteiger partial charge in [-0.3, -0.25) is 4.79 Å². The van der Waals surface area contributed by atoms with Crippen molar-refractivity contribution in [3.8, 4) is 0 Å². The molecular formula is C21H23NO2. The molecule has 3 nitrogen and oxygen atoms in total. The van der Waals surface area contributed by atoms with Crippen LogP contribution in [0.2, 0.25) is 0 Å². The van der Waals surface area contributed by atoms with Crippen molar-refractivity contribution in [3.05, 3.63) is 71.4 Å². The first-order valence-electron chi connectivity index (χ1n) is 8.47. The number of fused-ring (bicyclic) bond motifs is 1. The topological polar surface area (TPSA) is 53.1 Å². The van der Waals surface area contributed by atoms with Crippen LogP contribution in [0, 0.1) is 6.92 Å². The van der Waals surface area contributed by atoms with Crippen molar-refractivity contribution in [2.45, 2.75) is 38.5 Å². The second kappa shape index (κ2) is 6.91. The smallest absolute Gasteiger partial charge is 0.311 e. The SMILES string of the molecule is CCCC(c1ccccc1)C(C(=O)O)c1ccc2c(C)c[nH]c2c1. The van der Waals surface area contributed by atoms with Crippen molar-refractivity contribution in [3.63, 3.8) is 0 Å². The molecule has 2 atom stereocenters. The lowest BCUT2D eigenvalue weighted by molar-refractivity contribution is -0.139. The van der Waals surface area contributed by atoms with E-state index in [-0.39, 0.29) is 5.92 Å². The summed E-state index contributed by atoms with van der Waals surface area (Å²) < 4.78 is 0. The summed E-state index contributed by atoms with van der Waals surface area (Å²) in [7, 11) is 0. The molecule has 0 saturated carbocycles. The van der Waals surface area contributed by atoms with Crippen LogP contribution >= 0.6 is 0 Å². The molecule has 24 heavy (non-hydrogen) atoms. The number of carboxylic acids is 1. The van der Waals surface area contributed by atoms with Gasteiger partial charge in [0.1, 0.15) is 0 Å². The summed E-state index contributed by atoms with van der Waals surface area (Å²) in [5.41, 5.74) is 4.13. The Balaban J connectivity index is 2.07. The second-order valence-corrected chi connectivity index (χ2v) is 6.40. The molecule has 2 aromatic carbocycles. The van der Waals surface area contributed by atoms with Crippen molar-refractivity contribution < 1.29 is 9.90 Å². The molecule has 0 radical (unpaired) electrons. The zero-order valence-electron chi connectivity index (χ0n) is 14.1. The summed E-state index contributed by atoms with van der Waals surface area (Å²) in [5, 5.41) is 11.1. The number of aromatic nitrogens is 1. The highest BCUT2D eigenvalue weighted by atomic mass is 16.4. The van der Waals surface area contributed by atoms with Gasteiger partial charge in [0.25, 0.3) is 0 Å². The van der Waals surface area contributed by atoms with E-state index in [1.165, 1.54) is 5.56 Å². The van der Waals surface area contributed by atoms with Crippen molar-refractivity contribution in [2.75, 3.05) is 0 Å². The molecule has 0 aliphatic rings. The fraction of sp³-hybridized carbons (Fsp3) is 0.286. The van der Waals surface area contributed by atoms with E-state index in [1.54, 1.807) is 0 Å². The first-order valence-corrected chi connectivity index (χ1v) is 8.47. The average Bonchev–Trinajstić information content (AvgIpc) is 2.96. The third kappa shape index (κ3) is 3.07. The van der Waals surface area contributed by atoms with E-state index in [1.807, 2.05) is 54.7 Å². The number of H-pyrrole nitrogens is 1. The quantitative estimate of drug-likeness (QED) is 0.653. The van der Waals surface area contributed by atoms with Crippen molar-refractivity contribution in [1.82, 2.24) is 4.98 Å². The molecule has 3 heteroatoms. The molecule has 0 fully saturated rings. The van der Waals surface area contributed by atoms with E-state index < -0.39 is 11.9 Å². The van der Waals surface area contributed by atoms with Gasteiger partial charge in [0.05, 0.1) is 5.92 Å². The highest BCUT2D eigenvalue weighted by Crippen LogP contribution is 2.38. The molecule has 2 N–H and O–H groups in total. The van der Waals surface area contributed by atoms with Crippen LogP contribution in [0.25, 0.3) is 10.9 Å². The van der Waals surface area contributed by atoms with Crippen molar-refractivity contribution in [2.24, 2.45) is 0 Å². The Bertz CT molecular complexity index is 835. The van der Waals surface area contributed by atoms with Crippen LogP contribution < -0.4 is 0 Å². The molecule has 3 rings (SSSR count). The lowest BCUT2D eigenvalue weighted by Gasteiger charge is -2.25. The van der Waals surface area contributed by atoms with E-state index >= 15 is 0 Å². The van der Waals surface area contributed by atoms with Crippen LogP contribution in [-0.4, -0.2) is 16.1 Å². The van der Waals surface area contributed by atoms with E-state index in [0.717, 1.165) is 34.9 Å². The first-order chi connectivity index (χ1) is 11.6. The molecule has 2 unspecified atom stereocenters. The van der Waals surface area contributed by atoms with Crippen LogP contribution in [0.3, 0.4) is 0 Å². The van der Waals surface area contributed by atoms with Gasteiger partial charge in [-0.05, 0) is 36.1 Å². The number of benzene rings is 2. The molecule has 0 bridgehead atoms. The molecule has 0 aliphatic heterocycles. The number of carboxylic acid groups (broad SMARTS) is 1. The second-order valence-electron chi connectivity index (χ2n) is 6.40. The van der Waals surface area contributed by atoms with Crippen LogP contribution in [-0.2, 0) is 4.79 Å². The van der Waals surface area contributed by atoms with E-state index in [2.05, 4.69) is 18.8 Å². The number of aryl methyl sites for hydroxylation is 1. The molecule has 0 spiro atoms. The standard InChI is InChI=1S/C21H23NO2/c1-3-7-18(15-8-5-4-6-9-15)20(21(23)24)16-10-11-17-14(2)13-22-19(17)12-16/h4-6,8-13,18,20,22H,3,7H2,1-2H3,(H,23,24). The number of aliphatic carboxylic acids is 1. The number of hydrogen-bond donors (Lipinski definition) is 2. The fourth-order valence-corrected chi connectivity index (χ4v) is 3.57. The summed E-state index contributed by atoms with van der Waals surface area (Å²) in [6.45, 7) is 4.16. The summed E-state index contributed by atoms with van der Waals surface area (Å²) in [5.74, 6) is -1.33. The highest BCUT2D eigenvalue weighted by molar-refractivity contribution is 5.86. The molecule has 1 heterocycles. The van der Waals surface area contributed by atoms with Gasteiger partial charge < -0.3 is 10.1 Å². The molecule has 124 valence electrons. The Morgan fingerprint density at radius 3 is 2.54 bits per heavy atom. The number of nitrogens with one attached hydrogen (secondary N) is 1. The summed E-state index contributed by atoms with van der Waals surface area (Å²) >= 11 is 0. The Hall–Kier alpha value is -2.55. The first kappa shape index (κ1) is 16.3. The van der Waals surface area contributed by atoms with Crippen molar-refractivity contribution in [1.29, 1.82) is 0 Å². The molecule has 0 saturated heterocycles. The van der Waals surface area contributed by atoms with Gasteiger partial charge in [-0.2, -0.15) is 0 Å². The maximum atomic E-state index is 12.1. The van der Waals surface area contributed by atoms with Crippen LogP contribution in [0.5, 0.6) is 0 Å². The number of rotatable bonds is 6. The van der Waals surface area contributed by atoms with Gasteiger partial charge in [0.15, 0.2) is 0 Å². The average molecular weight is 321 g/mol. The zero-order valence-corrected chi connectivity index (χ0v) is 14.1. The number of aromatic amines is 1. The molecule has 0 amide bonds. The van der Waals surface area contributed by atoms with Gasteiger partial charge >= 0.3 is 5.97 Å². The van der Waals surface area contributed by atoms with Gasteiger partial charge in [-0.15, -0.1) is 0 Å². The molecular weight excluding hydrogens is 298 g/mol. The molecule has 3 aromatic rings. The maximum absolute atomic E-state index is 12.1. The summed E-state index contributed by atoms with van der Waals surface area (Å²) in [4.78, 5) is 15.4. The zero-order chi connectivity index (χ0) is 17.1. The van der Waals surface area contributed by atoms with Gasteiger partial charge in [-0.25, -0.2) is 0 Å². The third-order valence-electron chi connectivity index (χ3n) is 4.77. The minimum absolute atomic E-state index is 0.0257. The van der Waals surface area contributed by atoms with Gasteiger partial charge in [-0.1, -0.05) is 55.8 Å². The lowest BCUT2D eigenvalue weighted by Crippen LogP contribution is -2.20. The monoisotopic (exact) mass is 321 g/mol. The number of hydrogen-bond acceptors (Lipinski definition) is 1.